The van der Waals surface area contributed by atoms with Gasteiger partial charge in [-0.2, -0.15) is 0 Å². The fourth-order valence-electron chi connectivity index (χ4n) is 1.62. The van der Waals surface area contributed by atoms with Gasteiger partial charge in [-0.3, -0.25) is 9.78 Å². The summed E-state index contributed by atoms with van der Waals surface area (Å²) in [4.78, 5) is 15.4. The third-order valence-corrected chi connectivity index (χ3v) is 2.34. The van der Waals surface area contributed by atoms with Crippen molar-refractivity contribution < 1.29 is 9.53 Å². The molecule has 0 aliphatic rings. The molecule has 0 aliphatic heterocycles. The zero-order chi connectivity index (χ0) is 12.1. The molecule has 0 saturated carbocycles. The van der Waals surface area contributed by atoms with Crippen molar-refractivity contribution in [2.75, 3.05) is 0 Å². The Morgan fingerprint density at radius 3 is 2.41 bits per heavy atom. The molecule has 0 radical (unpaired) electrons. The van der Waals surface area contributed by atoms with Crippen LogP contribution in [0, 0.1) is 0 Å². The Kier molecular flexibility index (Phi) is 3.50. The second-order valence-corrected chi connectivity index (χ2v) is 3.65. The van der Waals surface area contributed by atoms with E-state index in [0.717, 1.165) is 11.3 Å². The maximum absolute atomic E-state index is 11.2. The number of nitrogens with zero attached hydrogens (tertiary/aromatic N) is 1. The van der Waals surface area contributed by atoms with Gasteiger partial charge in [-0.05, 0) is 17.7 Å². The van der Waals surface area contributed by atoms with Crippen LogP contribution >= 0.6 is 0 Å². The molecule has 3 nitrogen and oxygen atoms in total. The van der Waals surface area contributed by atoms with Gasteiger partial charge in [0.05, 0.1) is 5.69 Å². The van der Waals surface area contributed by atoms with Crippen LogP contribution in [0.15, 0.2) is 54.7 Å². The lowest BCUT2D eigenvalue weighted by molar-refractivity contribution is -0.144. The van der Waals surface area contributed by atoms with Crippen molar-refractivity contribution in [1.82, 2.24) is 4.98 Å². The molecule has 0 saturated heterocycles. The van der Waals surface area contributed by atoms with E-state index in [1.165, 1.54) is 6.92 Å². The van der Waals surface area contributed by atoms with Crippen LogP contribution in [0.2, 0.25) is 0 Å². The van der Waals surface area contributed by atoms with Gasteiger partial charge in [-0.15, -0.1) is 0 Å². The molecule has 0 fully saturated rings. The van der Waals surface area contributed by atoms with Gasteiger partial charge in [0.2, 0.25) is 0 Å². The van der Waals surface area contributed by atoms with Crippen molar-refractivity contribution in [1.29, 1.82) is 0 Å². The molecule has 1 aromatic heterocycles. The lowest BCUT2D eigenvalue weighted by atomic mass is 10.1. The van der Waals surface area contributed by atoms with Crippen LogP contribution in [0.25, 0.3) is 0 Å². The Balaban J connectivity index is 2.36. The van der Waals surface area contributed by atoms with Crippen LogP contribution in [0.1, 0.15) is 24.3 Å². The number of ether oxygens (including phenoxy) is 1. The van der Waals surface area contributed by atoms with E-state index in [1.54, 1.807) is 6.20 Å². The first-order valence-corrected chi connectivity index (χ1v) is 5.40. The SMILES string of the molecule is CC(=O)O[C@@H](c1ccccc1)c1ccccn1. The van der Waals surface area contributed by atoms with E-state index in [1.807, 2.05) is 48.5 Å². The van der Waals surface area contributed by atoms with Crippen LogP contribution in [-0.2, 0) is 9.53 Å². The van der Waals surface area contributed by atoms with Crippen LogP contribution in [0.5, 0.6) is 0 Å². The molecule has 1 heterocycles. The maximum Gasteiger partial charge on any atom is 0.303 e. The topological polar surface area (TPSA) is 39.2 Å². The summed E-state index contributed by atoms with van der Waals surface area (Å²) in [5.74, 6) is -0.315. The minimum atomic E-state index is -0.435. The summed E-state index contributed by atoms with van der Waals surface area (Å²) in [5.41, 5.74) is 1.65. The van der Waals surface area contributed by atoms with Gasteiger partial charge in [-0.1, -0.05) is 36.4 Å². The largest absolute Gasteiger partial charge is 0.451 e. The number of carbonyl (C=O) groups is 1. The average molecular weight is 227 g/mol. The summed E-state index contributed by atoms with van der Waals surface area (Å²) < 4.78 is 5.32. The summed E-state index contributed by atoms with van der Waals surface area (Å²) in [6, 6.07) is 15.1. The zero-order valence-electron chi connectivity index (χ0n) is 9.54. The molecule has 0 unspecified atom stereocenters. The van der Waals surface area contributed by atoms with Crippen LogP contribution < -0.4 is 0 Å². The van der Waals surface area contributed by atoms with Gasteiger partial charge < -0.3 is 4.74 Å². The van der Waals surface area contributed by atoms with Crippen molar-refractivity contribution in [3.63, 3.8) is 0 Å². The normalized spacial score (nSPS) is 11.8. The highest BCUT2D eigenvalue weighted by Gasteiger charge is 2.17. The Morgan fingerprint density at radius 1 is 1.12 bits per heavy atom. The molecule has 2 rings (SSSR count). The minimum absolute atomic E-state index is 0.315. The molecule has 86 valence electrons. The molecule has 0 amide bonds. The van der Waals surface area contributed by atoms with Crippen molar-refractivity contribution in [2.45, 2.75) is 13.0 Å². The molecule has 1 aromatic carbocycles. The number of hydrogen-bond donors (Lipinski definition) is 0. The van der Waals surface area contributed by atoms with E-state index in [0.29, 0.717) is 0 Å². The predicted octanol–water partition coefficient (Wildman–Crippen LogP) is 2.73. The van der Waals surface area contributed by atoms with Crippen molar-refractivity contribution in [2.24, 2.45) is 0 Å². The molecule has 1 atom stereocenters. The van der Waals surface area contributed by atoms with Gasteiger partial charge in [-0.25, -0.2) is 0 Å². The highest BCUT2D eigenvalue weighted by Crippen LogP contribution is 2.23. The van der Waals surface area contributed by atoms with Crippen LogP contribution in [0.4, 0.5) is 0 Å². The number of pyridine rings is 1. The van der Waals surface area contributed by atoms with E-state index in [2.05, 4.69) is 4.98 Å². The highest BCUT2D eigenvalue weighted by molar-refractivity contribution is 5.66. The van der Waals surface area contributed by atoms with E-state index < -0.39 is 6.10 Å². The molecule has 17 heavy (non-hydrogen) atoms. The number of carbonyl (C=O) groups excluding carboxylic acids is 1. The lowest BCUT2D eigenvalue weighted by Gasteiger charge is -2.16. The molecular weight excluding hydrogens is 214 g/mol. The smallest absolute Gasteiger partial charge is 0.303 e. The van der Waals surface area contributed by atoms with Crippen molar-refractivity contribution in [3.05, 3.63) is 66.0 Å². The van der Waals surface area contributed by atoms with Gasteiger partial charge in [0.15, 0.2) is 6.10 Å². The van der Waals surface area contributed by atoms with E-state index >= 15 is 0 Å². The number of esters is 1. The van der Waals surface area contributed by atoms with Crippen molar-refractivity contribution >= 4 is 5.97 Å². The molecule has 0 spiro atoms. The minimum Gasteiger partial charge on any atom is -0.451 e. The third kappa shape index (κ3) is 2.91. The third-order valence-electron chi connectivity index (χ3n) is 2.34. The first-order chi connectivity index (χ1) is 8.27. The van der Waals surface area contributed by atoms with Gasteiger partial charge >= 0.3 is 5.97 Å². The van der Waals surface area contributed by atoms with Gasteiger partial charge in [0.1, 0.15) is 0 Å². The summed E-state index contributed by atoms with van der Waals surface area (Å²) >= 11 is 0. The maximum atomic E-state index is 11.2. The quantitative estimate of drug-likeness (QED) is 0.757. The molecular formula is C14H13NO2. The second-order valence-electron chi connectivity index (χ2n) is 3.65. The number of benzene rings is 1. The fraction of sp³-hybridized carbons (Fsp3) is 0.143. The Labute approximate surface area is 100 Å². The average Bonchev–Trinajstić information content (AvgIpc) is 2.38. The van der Waals surface area contributed by atoms with Crippen molar-refractivity contribution in [3.8, 4) is 0 Å². The van der Waals surface area contributed by atoms with Gasteiger partial charge in [0.25, 0.3) is 0 Å². The molecule has 0 bridgehead atoms. The Bertz CT molecular complexity index is 443. The summed E-state index contributed by atoms with van der Waals surface area (Å²) in [6.07, 6.45) is 1.25. The number of rotatable bonds is 3. The number of hydrogen-bond acceptors (Lipinski definition) is 3. The molecule has 2 aromatic rings. The standard InChI is InChI=1S/C14H13NO2/c1-11(16)17-14(12-7-3-2-4-8-12)13-9-5-6-10-15-13/h2-10,14H,1H3/t14-/m0/s1. The molecule has 3 heteroatoms. The van der Waals surface area contributed by atoms with Crippen LogP contribution in [-0.4, -0.2) is 11.0 Å². The fourth-order valence-corrected chi connectivity index (χ4v) is 1.62. The first kappa shape index (κ1) is 11.3. The van der Waals surface area contributed by atoms with E-state index in [-0.39, 0.29) is 5.97 Å². The Morgan fingerprint density at radius 2 is 1.82 bits per heavy atom. The van der Waals surface area contributed by atoms with Gasteiger partial charge in [0, 0.05) is 13.1 Å². The van der Waals surface area contributed by atoms with E-state index in [4.69, 9.17) is 4.74 Å². The van der Waals surface area contributed by atoms with E-state index in [9.17, 15) is 4.79 Å². The lowest BCUT2D eigenvalue weighted by Crippen LogP contribution is -2.11. The second kappa shape index (κ2) is 5.25. The Hall–Kier alpha value is -2.16. The summed E-state index contributed by atoms with van der Waals surface area (Å²) in [6.45, 7) is 1.40. The summed E-state index contributed by atoms with van der Waals surface area (Å²) in [7, 11) is 0. The molecule has 0 N–H and O–H groups in total. The number of aromatic nitrogens is 1. The predicted molar refractivity (Wildman–Crippen MR) is 64.3 cm³/mol. The zero-order valence-corrected chi connectivity index (χ0v) is 9.54. The first-order valence-electron chi connectivity index (χ1n) is 5.40. The molecule has 0 aliphatic carbocycles. The monoisotopic (exact) mass is 227 g/mol. The summed E-state index contributed by atoms with van der Waals surface area (Å²) in [5, 5.41) is 0. The highest BCUT2D eigenvalue weighted by atomic mass is 16.5. The van der Waals surface area contributed by atoms with Crippen LogP contribution in [0.3, 0.4) is 0 Å².